The van der Waals surface area contributed by atoms with E-state index in [2.05, 4.69) is 21.7 Å². The highest BCUT2D eigenvalue weighted by Crippen LogP contribution is 2.36. The van der Waals surface area contributed by atoms with Crippen molar-refractivity contribution in [3.05, 3.63) is 78.1 Å². The van der Waals surface area contributed by atoms with Crippen LogP contribution in [-0.4, -0.2) is 36.1 Å². The zero-order valence-corrected chi connectivity index (χ0v) is 15.8. The van der Waals surface area contributed by atoms with E-state index in [1.54, 1.807) is 4.90 Å². The summed E-state index contributed by atoms with van der Waals surface area (Å²) < 4.78 is 7.66. The quantitative estimate of drug-likeness (QED) is 0.702. The number of hydrogen-bond acceptors (Lipinski definition) is 3. The zero-order chi connectivity index (χ0) is 19.0. The molecule has 1 atom stereocenters. The number of carbonyl (C=O) groups excluding carboxylic acids is 1. The number of anilines is 1. The maximum absolute atomic E-state index is 12.8. The summed E-state index contributed by atoms with van der Waals surface area (Å²) in [5.41, 5.74) is 3.78. The molecule has 0 aliphatic carbocycles. The van der Waals surface area contributed by atoms with Crippen molar-refractivity contribution >= 4 is 11.6 Å². The van der Waals surface area contributed by atoms with Crippen LogP contribution in [0.2, 0.25) is 0 Å². The van der Waals surface area contributed by atoms with Crippen LogP contribution in [0.4, 0.5) is 5.69 Å². The Bertz CT molecular complexity index is 979. The fraction of sp³-hybridized carbons (Fsp3) is 0.227. The fourth-order valence-corrected chi connectivity index (χ4v) is 3.73. The summed E-state index contributed by atoms with van der Waals surface area (Å²) in [5.74, 6) is 0.890. The number of nitrogens with zero attached hydrogens (tertiary/aromatic N) is 3. The van der Waals surface area contributed by atoms with Crippen molar-refractivity contribution in [3.63, 3.8) is 0 Å². The van der Waals surface area contributed by atoms with Gasteiger partial charge in [0.25, 0.3) is 5.91 Å². The van der Waals surface area contributed by atoms with Gasteiger partial charge < -0.3 is 19.1 Å². The highest BCUT2D eigenvalue weighted by Gasteiger charge is 2.34. The number of ether oxygens (including phenoxy) is 1. The van der Waals surface area contributed by atoms with Gasteiger partial charge in [-0.25, -0.2) is 0 Å². The van der Waals surface area contributed by atoms with Crippen molar-refractivity contribution in [1.82, 2.24) is 9.47 Å². The van der Waals surface area contributed by atoms with E-state index in [0.29, 0.717) is 6.61 Å². The molecule has 0 N–H and O–H groups in total. The number of carbonyl (C=O) groups is 1. The second kappa shape index (κ2) is 6.83. The average Bonchev–Trinajstić information content (AvgIpc) is 3.17. The minimum atomic E-state index is -0.149. The Balaban J connectivity index is 1.69. The molecular formula is C22H23N3O2. The smallest absolute Gasteiger partial charge is 0.257 e. The molecule has 0 fully saturated rings. The standard InChI is InChI=1S/C22H23N3O2/c1-4-27-18-9-7-8-17(14-18)25-13-12-16(15-25)21-23(2)20-11-6-5-10-19(20)22(26)24(21)3/h5-15,21H,4H2,1-3H3. The number of rotatable bonds is 4. The summed E-state index contributed by atoms with van der Waals surface area (Å²) in [6.07, 6.45) is 3.94. The first-order chi connectivity index (χ1) is 13.1. The molecule has 2 heterocycles. The van der Waals surface area contributed by atoms with Crippen molar-refractivity contribution in [2.75, 3.05) is 25.6 Å². The van der Waals surface area contributed by atoms with E-state index in [0.717, 1.165) is 28.3 Å². The van der Waals surface area contributed by atoms with Crippen LogP contribution in [0.1, 0.15) is 29.0 Å². The van der Waals surface area contributed by atoms with Gasteiger partial charge in [-0.2, -0.15) is 0 Å². The Morgan fingerprint density at radius 1 is 1.00 bits per heavy atom. The third-order valence-corrected chi connectivity index (χ3v) is 5.01. The van der Waals surface area contributed by atoms with E-state index < -0.39 is 0 Å². The van der Waals surface area contributed by atoms with E-state index in [9.17, 15) is 4.79 Å². The lowest BCUT2D eigenvalue weighted by molar-refractivity contribution is 0.0711. The van der Waals surface area contributed by atoms with Gasteiger partial charge in [0.15, 0.2) is 0 Å². The van der Waals surface area contributed by atoms with Crippen LogP contribution in [0.15, 0.2) is 67.0 Å². The molecule has 1 aliphatic rings. The minimum Gasteiger partial charge on any atom is -0.494 e. The summed E-state index contributed by atoms with van der Waals surface area (Å²) in [7, 11) is 3.88. The molecular weight excluding hydrogens is 338 g/mol. The van der Waals surface area contributed by atoms with Gasteiger partial charge >= 0.3 is 0 Å². The first kappa shape index (κ1) is 17.2. The molecule has 1 amide bonds. The molecule has 0 spiro atoms. The lowest BCUT2D eigenvalue weighted by atomic mass is 10.0. The van der Waals surface area contributed by atoms with E-state index in [1.807, 2.05) is 75.7 Å². The Hall–Kier alpha value is -3.21. The monoisotopic (exact) mass is 361 g/mol. The predicted octanol–water partition coefficient (Wildman–Crippen LogP) is 4.10. The first-order valence-corrected chi connectivity index (χ1v) is 9.10. The van der Waals surface area contributed by atoms with Crippen LogP contribution in [-0.2, 0) is 0 Å². The average molecular weight is 361 g/mol. The lowest BCUT2D eigenvalue weighted by Crippen LogP contribution is -2.45. The van der Waals surface area contributed by atoms with Gasteiger partial charge in [0.05, 0.1) is 17.9 Å². The Kier molecular flexibility index (Phi) is 4.36. The van der Waals surface area contributed by atoms with Crippen LogP contribution in [0, 0.1) is 0 Å². The molecule has 27 heavy (non-hydrogen) atoms. The molecule has 0 radical (unpaired) electrons. The van der Waals surface area contributed by atoms with Crippen LogP contribution in [0.5, 0.6) is 5.75 Å². The van der Waals surface area contributed by atoms with Gasteiger partial charge in [-0.15, -0.1) is 0 Å². The number of benzene rings is 2. The Labute approximate surface area is 159 Å². The first-order valence-electron chi connectivity index (χ1n) is 9.10. The molecule has 0 saturated carbocycles. The SMILES string of the molecule is CCOc1cccc(-n2ccc(C3N(C)C(=O)c4ccccc4N3C)c2)c1. The van der Waals surface area contributed by atoms with Crippen LogP contribution in [0.25, 0.3) is 5.69 Å². The third kappa shape index (κ3) is 2.95. The van der Waals surface area contributed by atoms with E-state index in [-0.39, 0.29) is 12.1 Å². The molecule has 1 aromatic heterocycles. The lowest BCUT2D eigenvalue weighted by Gasteiger charge is -2.41. The van der Waals surface area contributed by atoms with Gasteiger partial charge in [0.2, 0.25) is 0 Å². The number of para-hydroxylation sites is 1. The van der Waals surface area contributed by atoms with E-state index >= 15 is 0 Å². The number of amides is 1. The summed E-state index contributed by atoms with van der Waals surface area (Å²) in [6, 6.07) is 17.8. The van der Waals surface area contributed by atoms with Gasteiger partial charge in [0.1, 0.15) is 11.9 Å². The van der Waals surface area contributed by atoms with Gasteiger partial charge in [-0.3, -0.25) is 4.79 Å². The van der Waals surface area contributed by atoms with Gasteiger partial charge in [-0.05, 0) is 37.3 Å². The Morgan fingerprint density at radius 3 is 2.63 bits per heavy atom. The second-order valence-corrected chi connectivity index (χ2v) is 6.70. The second-order valence-electron chi connectivity index (χ2n) is 6.70. The summed E-state index contributed by atoms with van der Waals surface area (Å²) in [6.45, 7) is 2.61. The topological polar surface area (TPSA) is 37.7 Å². The highest BCUT2D eigenvalue weighted by atomic mass is 16.5. The molecule has 1 unspecified atom stereocenters. The summed E-state index contributed by atoms with van der Waals surface area (Å²) >= 11 is 0. The molecule has 5 nitrogen and oxygen atoms in total. The van der Waals surface area contributed by atoms with Crippen molar-refractivity contribution < 1.29 is 9.53 Å². The van der Waals surface area contributed by atoms with Crippen LogP contribution >= 0.6 is 0 Å². The van der Waals surface area contributed by atoms with E-state index in [1.165, 1.54) is 0 Å². The number of hydrogen-bond donors (Lipinski definition) is 0. The van der Waals surface area contributed by atoms with Crippen LogP contribution < -0.4 is 9.64 Å². The zero-order valence-electron chi connectivity index (χ0n) is 15.8. The maximum atomic E-state index is 12.8. The van der Waals surface area contributed by atoms with Crippen molar-refractivity contribution in [1.29, 1.82) is 0 Å². The van der Waals surface area contributed by atoms with Crippen molar-refractivity contribution in [2.24, 2.45) is 0 Å². The molecule has 1 aliphatic heterocycles. The molecule has 5 heteroatoms. The molecule has 4 rings (SSSR count). The van der Waals surface area contributed by atoms with Crippen molar-refractivity contribution in [3.8, 4) is 11.4 Å². The Morgan fingerprint density at radius 2 is 1.81 bits per heavy atom. The van der Waals surface area contributed by atoms with Gasteiger partial charge in [-0.1, -0.05) is 18.2 Å². The molecule has 3 aromatic rings. The maximum Gasteiger partial charge on any atom is 0.257 e. The largest absolute Gasteiger partial charge is 0.494 e. The number of aromatic nitrogens is 1. The summed E-state index contributed by atoms with van der Waals surface area (Å²) in [5, 5.41) is 0. The predicted molar refractivity (Wildman–Crippen MR) is 107 cm³/mol. The number of fused-ring (bicyclic) bond motifs is 1. The molecule has 2 aromatic carbocycles. The molecule has 0 bridgehead atoms. The molecule has 138 valence electrons. The normalized spacial score (nSPS) is 16.4. The fourth-order valence-electron chi connectivity index (χ4n) is 3.73. The molecule has 0 saturated heterocycles. The summed E-state index contributed by atoms with van der Waals surface area (Å²) in [4.78, 5) is 16.8. The van der Waals surface area contributed by atoms with Crippen LogP contribution in [0.3, 0.4) is 0 Å². The van der Waals surface area contributed by atoms with Crippen molar-refractivity contribution in [2.45, 2.75) is 13.1 Å². The van der Waals surface area contributed by atoms with Gasteiger partial charge in [0, 0.05) is 43.8 Å². The van der Waals surface area contributed by atoms with E-state index in [4.69, 9.17) is 4.74 Å². The highest BCUT2D eigenvalue weighted by molar-refractivity contribution is 6.01. The third-order valence-electron chi connectivity index (χ3n) is 5.01. The minimum absolute atomic E-state index is 0.0415.